The third-order valence-electron chi connectivity index (χ3n) is 6.08. The summed E-state index contributed by atoms with van der Waals surface area (Å²) in [6.45, 7) is 2.43. The van der Waals surface area contributed by atoms with Crippen molar-refractivity contribution in [3.05, 3.63) is 29.8 Å². The normalized spacial score (nSPS) is 34.3. The van der Waals surface area contributed by atoms with Gasteiger partial charge in [0.15, 0.2) is 0 Å². The van der Waals surface area contributed by atoms with Crippen molar-refractivity contribution in [2.24, 2.45) is 23.7 Å². The first kappa shape index (κ1) is 19.1. The second-order valence-corrected chi connectivity index (χ2v) is 9.67. The average Bonchev–Trinajstić information content (AvgIpc) is 3.27. The fraction of sp³-hybridized carbons (Fsp3) is 0.550. The summed E-state index contributed by atoms with van der Waals surface area (Å²) >= 11 is 7.38. The van der Waals surface area contributed by atoms with Crippen molar-refractivity contribution in [2.75, 3.05) is 11.5 Å². The molecule has 2 bridgehead atoms. The van der Waals surface area contributed by atoms with Crippen LogP contribution in [0.3, 0.4) is 0 Å². The number of nitrogens with zero attached hydrogens (tertiary/aromatic N) is 1. The van der Waals surface area contributed by atoms with Gasteiger partial charge in [0.05, 0.1) is 29.7 Å². The molecule has 1 saturated heterocycles. The Balaban J connectivity index is 1.52. The minimum absolute atomic E-state index is 0.111. The summed E-state index contributed by atoms with van der Waals surface area (Å²) in [5.74, 6) is -0.691. The van der Waals surface area contributed by atoms with Crippen molar-refractivity contribution in [2.45, 2.75) is 35.8 Å². The molecule has 0 N–H and O–H groups in total. The van der Waals surface area contributed by atoms with Gasteiger partial charge in [0.25, 0.3) is 0 Å². The van der Waals surface area contributed by atoms with Gasteiger partial charge in [-0.3, -0.25) is 14.5 Å². The van der Waals surface area contributed by atoms with Gasteiger partial charge in [-0.1, -0.05) is 45.2 Å². The van der Waals surface area contributed by atoms with E-state index in [0.29, 0.717) is 17.9 Å². The van der Waals surface area contributed by atoms with Crippen molar-refractivity contribution in [3.8, 4) is 0 Å². The van der Waals surface area contributed by atoms with Crippen LogP contribution in [0, 0.1) is 23.7 Å². The van der Waals surface area contributed by atoms with Gasteiger partial charge in [-0.05, 0) is 48.9 Å². The minimum atomic E-state index is -0.381. The van der Waals surface area contributed by atoms with E-state index in [0.717, 1.165) is 19.3 Å². The molecule has 7 heteroatoms. The first-order valence-electron chi connectivity index (χ1n) is 9.38. The first-order valence-corrected chi connectivity index (χ1v) is 11.2. The lowest BCUT2D eigenvalue weighted by molar-refractivity contribution is -0.123. The molecule has 4 rings (SSSR count). The van der Waals surface area contributed by atoms with Crippen molar-refractivity contribution < 1.29 is 19.1 Å². The average molecular weight is 499 g/mol. The van der Waals surface area contributed by atoms with E-state index in [2.05, 4.69) is 31.9 Å². The molecular weight excluding hydrogens is 478 g/mol. The summed E-state index contributed by atoms with van der Waals surface area (Å²) in [5.41, 5.74) is 0.955. The van der Waals surface area contributed by atoms with Crippen LogP contribution in [-0.4, -0.2) is 34.0 Å². The predicted molar refractivity (Wildman–Crippen MR) is 108 cm³/mol. The Morgan fingerprint density at radius 2 is 1.63 bits per heavy atom. The number of hydrogen-bond acceptors (Lipinski definition) is 4. The lowest BCUT2D eigenvalue weighted by atomic mass is 9.81. The van der Waals surface area contributed by atoms with Crippen molar-refractivity contribution in [3.63, 3.8) is 0 Å². The van der Waals surface area contributed by atoms with Crippen LogP contribution in [-0.2, 0) is 14.3 Å². The topological polar surface area (TPSA) is 63.7 Å². The number of anilines is 1. The maximum absolute atomic E-state index is 13.0. The molecule has 2 amide bonds. The molecule has 0 radical (unpaired) electrons. The molecule has 6 atom stereocenters. The van der Waals surface area contributed by atoms with Gasteiger partial charge in [0, 0.05) is 9.65 Å². The van der Waals surface area contributed by atoms with Gasteiger partial charge < -0.3 is 4.74 Å². The minimum Gasteiger partial charge on any atom is -0.462 e. The molecule has 27 heavy (non-hydrogen) atoms. The number of imide groups is 1. The fourth-order valence-corrected chi connectivity index (χ4v) is 6.62. The number of amides is 2. The number of benzene rings is 1. The van der Waals surface area contributed by atoms with Gasteiger partial charge in [-0.25, -0.2) is 4.79 Å². The largest absolute Gasteiger partial charge is 0.462 e. The number of carbonyl (C=O) groups excluding carboxylic acids is 3. The molecular formula is C20H21Br2NO4. The zero-order valence-electron chi connectivity index (χ0n) is 14.9. The van der Waals surface area contributed by atoms with Gasteiger partial charge in [-0.2, -0.15) is 0 Å². The molecule has 1 aliphatic heterocycles. The molecule has 2 saturated carbocycles. The summed E-state index contributed by atoms with van der Waals surface area (Å²) in [4.78, 5) is 39.8. The monoisotopic (exact) mass is 497 g/mol. The highest BCUT2D eigenvalue weighted by atomic mass is 79.9. The molecule has 1 aromatic rings. The summed E-state index contributed by atoms with van der Waals surface area (Å²) in [6.07, 6.45) is 2.70. The molecule has 3 aliphatic rings. The first-order chi connectivity index (χ1) is 13.0. The van der Waals surface area contributed by atoms with E-state index in [1.54, 1.807) is 24.3 Å². The van der Waals surface area contributed by atoms with Crippen LogP contribution >= 0.6 is 31.9 Å². The number of rotatable bonds is 5. The molecule has 1 aromatic carbocycles. The van der Waals surface area contributed by atoms with Crippen LogP contribution < -0.4 is 4.90 Å². The number of halogens is 2. The Morgan fingerprint density at radius 3 is 2.15 bits per heavy atom. The fourth-order valence-electron chi connectivity index (χ4n) is 4.74. The number of ether oxygens (including phenoxy) is 1. The van der Waals surface area contributed by atoms with Crippen molar-refractivity contribution >= 4 is 55.3 Å². The standard InChI is InChI=1S/C20H21Br2NO4/c1-2-3-8-27-20(26)10-4-6-11(7-5-10)23-18(24)14-12-9-13(15(14)19(23)25)17(22)16(12)21/h4-7,12-17H,2-3,8-9H2,1H3/t12-,13+,14-,15+,16-,17+. The zero-order chi connectivity index (χ0) is 19.3. The molecule has 2 aliphatic carbocycles. The highest BCUT2D eigenvalue weighted by Crippen LogP contribution is 2.60. The van der Waals surface area contributed by atoms with Crippen LogP contribution in [0.5, 0.6) is 0 Å². The van der Waals surface area contributed by atoms with E-state index in [1.165, 1.54) is 4.90 Å². The molecule has 0 unspecified atom stereocenters. The van der Waals surface area contributed by atoms with Crippen LogP contribution in [0.4, 0.5) is 5.69 Å². The quantitative estimate of drug-likeness (QED) is 0.267. The van der Waals surface area contributed by atoms with Crippen molar-refractivity contribution in [1.82, 2.24) is 0 Å². The highest BCUT2D eigenvalue weighted by Gasteiger charge is 2.66. The maximum Gasteiger partial charge on any atom is 0.338 e. The summed E-state index contributed by atoms with van der Waals surface area (Å²) < 4.78 is 5.20. The SMILES string of the molecule is CCCCOC(=O)c1ccc(N2C(=O)[C@@H]3[C@H]4C[C@H]([C@H](Br)[C@@H]4Br)[C@@H]3C2=O)cc1. The molecule has 3 fully saturated rings. The summed E-state index contributed by atoms with van der Waals surface area (Å²) in [7, 11) is 0. The van der Waals surface area contributed by atoms with Gasteiger partial charge >= 0.3 is 5.97 Å². The summed E-state index contributed by atoms with van der Waals surface area (Å²) in [6, 6.07) is 6.56. The summed E-state index contributed by atoms with van der Waals surface area (Å²) in [5, 5.41) is 0. The number of unbranched alkanes of at least 4 members (excludes halogenated alkanes) is 1. The van der Waals surface area contributed by atoms with Crippen LogP contribution in [0.2, 0.25) is 0 Å². The Labute approximate surface area is 175 Å². The van der Waals surface area contributed by atoms with E-state index in [-0.39, 0.29) is 51.1 Å². The van der Waals surface area contributed by atoms with Gasteiger partial charge in [0.2, 0.25) is 11.8 Å². The van der Waals surface area contributed by atoms with Crippen LogP contribution in [0.25, 0.3) is 0 Å². The highest BCUT2D eigenvalue weighted by molar-refractivity contribution is 9.12. The van der Waals surface area contributed by atoms with E-state index in [9.17, 15) is 14.4 Å². The van der Waals surface area contributed by atoms with Crippen LogP contribution in [0.1, 0.15) is 36.5 Å². The Kier molecular flexibility index (Phi) is 5.18. The number of carbonyl (C=O) groups is 3. The molecule has 1 heterocycles. The van der Waals surface area contributed by atoms with Gasteiger partial charge in [-0.15, -0.1) is 0 Å². The van der Waals surface area contributed by atoms with Gasteiger partial charge in [0.1, 0.15) is 0 Å². The van der Waals surface area contributed by atoms with Crippen molar-refractivity contribution in [1.29, 1.82) is 0 Å². The third-order valence-corrected chi connectivity index (χ3v) is 9.29. The van der Waals surface area contributed by atoms with E-state index < -0.39 is 0 Å². The van der Waals surface area contributed by atoms with E-state index in [1.807, 2.05) is 6.92 Å². The zero-order valence-corrected chi connectivity index (χ0v) is 18.1. The number of esters is 1. The molecule has 0 aromatic heterocycles. The number of hydrogen-bond donors (Lipinski definition) is 0. The Bertz CT molecular complexity index is 749. The van der Waals surface area contributed by atoms with E-state index in [4.69, 9.17) is 4.74 Å². The van der Waals surface area contributed by atoms with E-state index >= 15 is 0 Å². The number of fused-ring (bicyclic) bond motifs is 5. The van der Waals surface area contributed by atoms with Crippen LogP contribution in [0.15, 0.2) is 24.3 Å². The maximum atomic E-state index is 13.0. The Hall–Kier alpha value is -1.21. The predicted octanol–water partition coefficient (Wildman–Crippen LogP) is 3.93. The second-order valence-electron chi connectivity index (χ2n) is 7.55. The third kappa shape index (κ3) is 2.97. The molecule has 5 nitrogen and oxygen atoms in total. The smallest absolute Gasteiger partial charge is 0.338 e. The second kappa shape index (κ2) is 7.32. The lowest BCUT2D eigenvalue weighted by Crippen LogP contribution is -2.37. The Morgan fingerprint density at radius 1 is 1.07 bits per heavy atom. The molecule has 144 valence electrons. The molecule has 0 spiro atoms. The lowest BCUT2D eigenvalue weighted by Gasteiger charge is -2.28. The number of alkyl halides is 2.